The van der Waals surface area contributed by atoms with Gasteiger partial charge in [0, 0.05) is 59.1 Å². The van der Waals surface area contributed by atoms with Gasteiger partial charge in [0.2, 0.25) is 0 Å². The molecule has 0 aliphatic heterocycles. The summed E-state index contributed by atoms with van der Waals surface area (Å²) in [5.74, 6) is 0. The maximum atomic E-state index is 2.41. The molecule has 312 valence electrons. The SMILES string of the molecule is CC1(C)c2ccccc2-c2ccc(N(c3ccccc3)c3ccc(-c4ccc(-c5ccc6c(c5)c5ccccc5n6-c5ccc(-c6cccc7c6sc6ccccc67)cc5)cc4)cc3)cc21. The maximum absolute atomic E-state index is 2.41. The molecule has 0 saturated carbocycles. The van der Waals surface area contributed by atoms with Crippen molar-refractivity contribution in [2.45, 2.75) is 19.3 Å². The number of hydrogen-bond donors (Lipinski definition) is 0. The minimum atomic E-state index is -0.0736. The van der Waals surface area contributed by atoms with Gasteiger partial charge in [0.1, 0.15) is 0 Å². The van der Waals surface area contributed by atoms with Crippen LogP contribution in [0, 0.1) is 0 Å². The first-order chi connectivity index (χ1) is 32.5. The molecule has 10 aromatic carbocycles. The van der Waals surface area contributed by atoms with Gasteiger partial charge in [-0.1, -0.05) is 172 Å². The topological polar surface area (TPSA) is 8.17 Å². The summed E-state index contributed by atoms with van der Waals surface area (Å²) in [5, 5.41) is 5.16. The molecule has 2 heterocycles. The van der Waals surface area contributed by atoms with Gasteiger partial charge in [-0.3, -0.25) is 0 Å². The van der Waals surface area contributed by atoms with Crippen molar-refractivity contribution in [3.8, 4) is 50.2 Å². The highest BCUT2D eigenvalue weighted by Gasteiger charge is 2.35. The Kier molecular flexibility index (Phi) is 8.78. The predicted octanol–water partition coefficient (Wildman–Crippen LogP) is 17.9. The van der Waals surface area contributed by atoms with E-state index in [1.807, 2.05) is 11.3 Å². The molecule has 0 fully saturated rings. The number of nitrogens with zero attached hydrogens (tertiary/aromatic N) is 2. The molecule has 12 aromatic rings. The Morgan fingerprint density at radius 2 is 0.924 bits per heavy atom. The molecule has 2 aromatic heterocycles. The molecular weight excluding hydrogens is 817 g/mol. The summed E-state index contributed by atoms with van der Waals surface area (Å²) in [7, 11) is 0. The molecule has 1 aliphatic rings. The summed E-state index contributed by atoms with van der Waals surface area (Å²) in [6, 6.07) is 84.9. The van der Waals surface area contributed by atoms with Crippen LogP contribution in [0.4, 0.5) is 17.1 Å². The third-order valence-corrected chi connectivity index (χ3v) is 15.2. The monoisotopic (exact) mass is 860 g/mol. The first-order valence-electron chi connectivity index (χ1n) is 22.8. The maximum Gasteiger partial charge on any atom is 0.0541 e. The number of thiophene rings is 1. The molecule has 1 aliphatic carbocycles. The lowest BCUT2D eigenvalue weighted by Crippen LogP contribution is -2.16. The number of benzene rings is 10. The Morgan fingerprint density at radius 1 is 0.364 bits per heavy atom. The summed E-state index contributed by atoms with van der Waals surface area (Å²) in [5.41, 5.74) is 19.7. The Bertz CT molecular complexity index is 3820. The van der Waals surface area contributed by atoms with Gasteiger partial charge in [-0.25, -0.2) is 0 Å². The van der Waals surface area contributed by atoms with Crippen LogP contribution in [0.15, 0.2) is 231 Å². The number of fused-ring (bicyclic) bond motifs is 9. The van der Waals surface area contributed by atoms with Gasteiger partial charge < -0.3 is 9.47 Å². The lowest BCUT2D eigenvalue weighted by Gasteiger charge is -2.28. The fourth-order valence-electron chi connectivity index (χ4n) is 10.7. The van der Waals surface area contributed by atoms with E-state index in [0.717, 1.165) is 22.7 Å². The molecular formula is C63H44N2S. The quantitative estimate of drug-likeness (QED) is 0.155. The van der Waals surface area contributed by atoms with Gasteiger partial charge in [-0.2, -0.15) is 0 Å². The third-order valence-electron chi connectivity index (χ3n) is 14.0. The van der Waals surface area contributed by atoms with E-state index in [4.69, 9.17) is 0 Å². The lowest BCUT2D eigenvalue weighted by molar-refractivity contribution is 0.660. The van der Waals surface area contributed by atoms with Crippen LogP contribution in [-0.2, 0) is 5.41 Å². The Balaban J connectivity index is 0.800. The van der Waals surface area contributed by atoms with E-state index in [1.165, 1.54) is 97.6 Å². The van der Waals surface area contributed by atoms with Gasteiger partial charge in [-0.15, -0.1) is 11.3 Å². The zero-order valence-electron chi connectivity index (χ0n) is 36.7. The van der Waals surface area contributed by atoms with Crippen LogP contribution in [0.1, 0.15) is 25.0 Å². The zero-order chi connectivity index (χ0) is 43.9. The van der Waals surface area contributed by atoms with Gasteiger partial charge >= 0.3 is 0 Å². The van der Waals surface area contributed by atoms with Crippen molar-refractivity contribution in [3.05, 3.63) is 242 Å². The van der Waals surface area contributed by atoms with E-state index in [1.54, 1.807) is 0 Å². The molecule has 0 spiro atoms. The summed E-state index contributed by atoms with van der Waals surface area (Å²) in [6.07, 6.45) is 0. The molecule has 0 N–H and O–H groups in total. The molecule has 0 saturated heterocycles. The molecule has 0 bridgehead atoms. The Morgan fingerprint density at radius 3 is 1.73 bits per heavy atom. The second-order valence-electron chi connectivity index (χ2n) is 18.1. The van der Waals surface area contributed by atoms with Crippen LogP contribution in [0.5, 0.6) is 0 Å². The summed E-state index contributed by atoms with van der Waals surface area (Å²) in [4.78, 5) is 2.38. The summed E-state index contributed by atoms with van der Waals surface area (Å²) < 4.78 is 5.08. The highest BCUT2D eigenvalue weighted by molar-refractivity contribution is 7.26. The second kappa shape index (κ2) is 15.1. The number of para-hydroxylation sites is 2. The smallest absolute Gasteiger partial charge is 0.0541 e. The van der Waals surface area contributed by atoms with Gasteiger partial charge in [0.05, 0.1) is 11.0 Å². The lowest BCUT2D eigenvalue weighted by atomic mass is 9.82. The van der Waals surface area contributed by atoms with Gasteiger partial charge in [-0.05, 0) is 128 Å². The molecule has 0 atom stereocenters. The molecule has 0 radical (unpaired) electrons. The normalized spacial score (nSPS) is 12.8. The predicted molar refractivity (Wildman–Crippen MR) is 282 cm³/mol. The second-order valence-corrected chi connectivity index (χ2v) is 19.2. The molecule has 0 unspecified atom stereocenters. The van der Waals surface area contributed by atoms with E-state index in [0.29, 0.717) is 0 Å². The van der Waals surface area contributed by atoms with Crippen LogP contribution in [0.25, 0.3) is 92.2 Å². The van der Waals surface area contributed by atoms with Crippen molar-refractivity contribution in [3.63, 3.8) is 0 Å². The zero-order valence-corrected chi connectivity index (χ0v) is 37.6. The average Bonchev–Trinajstić information content (AvgIpc) is 4.00. The van der Waals surface area contributed by atoms with Crippen molar-refractivity contribution in [1.82, 2.24) is 4.57 Å². The Hall–Kier alpha value is -7.98. The third kappa shape index (κ3) is 6.08. The summed E-state index contributed by atoms with van der Waals surface area (Å²) >= 11 is 1.88. The van der Waals surface area contributed by atoms with E-state index in [2.05, 4.69) is 254 Å². The highest BCUT2D eigenvalue weighted by atomic mass is 32.1. The van der Waals surface area contributed by atoms with Crippen LogP contribution < -0.4 is 4.90 Å². The van der Waals surface area contributed by atoms with Gasteiger partial charge in [0.25, 0.3) is 0 Å². The molecule has 0 amide bonds. The van der Waals surface area contributed by atoms with Crippen LogP contribution in [0.2, 0.25) is 0 Å². The molecule has 66 heavy (non-hydrogen) atoms. The molecule has 2 nitrogen and oxygen atoms in total. The van der Waals surface area contributed by atoms with Crippen LogP contribution in [0.3, 0.4) is 0 Å². The highest BCUT2D eigenvalue weighted by Crippen LogP contribution is 2.51. The van der Waals surface area contributed by atoms with Crippen LogP contribution in [-0.4, -0.2) is 4.57 Å². The first kappa shape index (κ1) is 38.5. The van der Waals surface area contributed by atoms with E-state index < -0.39 is 0 Å². The number of anilines is 3. The van der Waals surface area contributed by atoms with Gasteiger partial charge in [0.15, 0.2) is 0 Å². The molecule has 3 heteroatoms. The van der Waals surface area contributed by atoms with Crippen molar-refractivity contribution in [2.75, 3.05) is 4.90 Å². The van der Waals surface area contributed by atoms with Crippen LogP contribution >= 0.6 is 11.3 Å². The number of aromatic nitrogens is 1. The van der Waals surface area contributed by atoms with Crippen molar-refractivity contribution in [1.29, 1.82) is 0 Å². The molecule has 13 rings (SSSR count). The van der Waals surface area contributed by atoms with E-state index >= 15 is 0 Å². The fraction of sp³-hybridized carbons (Fsp3) is 0.0476. The van der Waals surface area contributed by atoms with E-state index in [-0.39, 0.29) is 5.41 Å². The first-order valence-corrected chi connectivity index (χ1v) is 23.6. The number of rotatable bonds is 7. The summed E-state index contributed by atoms with van der Waals surface area (Å²) in [6.45, 7) is 4.70. The average molecular weight is 861 g/mol. The minimum Gasteiger partial charge on any atom is -0.310 e. The minimum absolute atomic E-state index is 0.0736. The standard InChI is InChI=1S/C63H44N2S/c1-63(2)57-20-9-6-15-51(57)52-37-36-49(40-58(52)63)64(46-13-4-3-5-14-46)47-32-27-42(28-33-47)41-23-25-43(26-24-41)45-31-38-60-56(39-45)53-16-7-10-21-59(53)65(60)48-34-29-44(30-35-48)50-18-12-19-55-54-17-8-11-22-61(54)66-62(50)55/h3-40H,1-2H3. The Labute approximate surface area is 388 Å². The number of hydrogen-bond acceptors (Lipinski definition) is 2. The van der Waals surface area contributed by atoms with Crippen molar-refractivity contribution < 1.29 is 0 Å². The van der Waals surface area contributed by atoms with Crippen molar-refractivity contribution in [2.24, 2.45) is 0 Å². The fourth-order valence-corrected chi connectivity index (χ4v) is 11.9. The van der Waals surface area contributed by atoms with E-state index in [9.17, 15) is 0 Å². The van der Waals surface area contributed by atoms with Crippen molar-refractivity contribution >= 4 is 70.4 Å². The largest absolute Gasteiger partial charge is 0.310 e.